The molecule has 0 spiro atoms. The molecule has 0 aliphatic rings. The molecule has 2 unspecified atom stereocenters. The summed E-state index contributed by atoms with van der Waals surface area (Å²) in [5.41, 5.74) is 2.31. The van der Waals surface area contributed by atoms with Gasteiger partial charge >= 0.3 is 11.9 Å². The van der Waals surface area contributed by atoms with Crippen molar-refractivity contribution in [1.29, 1.82) is 0 Å². The van der Waals surface area contributed by atoms with Gasteiger partial charge in [-0.05, 0) is 55.5 Å². The van der Waals surface area contributed by atoms with Crippen LogP contribution >= 0.6 is 0 Å². The van der Waals surface area contributed by atoms with Crippen LogP contribution in [0.5, 0.6) is 0 Å². The van der Waals surface area contributed by atoms with Gasteiger partial charge in [0, 0.05) is 6.42 Å². The number of esters is 2. The van der Waals surface area contributed by atoms with Gasteiger partial charge in [0.15, 0.2) is 0 Å². The molecular formula is C25H32O4. The van der Waals surface area contributed by atoms with Crippen LogP contribution in [0.3, 0.4) is 0 Å². The van der Waals surface area contributed by atoms with Gasteiger partial charge in [-0.25, -0.2) is 9.59 Å². The predicted octanol–water partition coefficient (Wildman–Crippen LogP) is 5.99. The molecule has 0 amide bonds. The second-order valence-electron chi connectivity index (χ2n) is 7.27. The fraction of sp³-hybridized carbons (Fsp3) is 0.440. The summed E-state index contributed by atoms with van der Waals surface area (Å²) < 4.78 is 11.3. The van der Waals surface area contributed by atoms with Crippen molar-refractivity contribution in [3.63, 3.8) is 0 Å². The van der Waals surface area contributed by atoms with Crippen molar-refractivity contribution < 1.29 is 19.1 Å². The van der Waals surface area contributed by atoms with Crippen molar-refractivity contribution in [3.8, 4) is 0 Å². The maximum atomic E-state index is 12.5. The van der Waals surface area contributed by atoms with Crippen molar-refractivity contribution in [3.05, 3.63) is 71.3 Å². The minimum Gasteiger partial charge on any atom is -0.459 e. The van der Waals surface area contributed by atoms with E-state index >= 15 is 0 Å². The first kappa shape index (κ1) is 22.7. The second kappa shape index (κ2) is 12.1. The summed E-state index contributed by atoms with van der Waals surface area (Å²) in [5, 5.41) is 0. The average Bonchev–Trinajstić information content (AvgIpc) is 2.77. The molecule has 0 heterocycles. The van der Waals surface area contributed by atoms with Crippen LogP contribution in [-0.2, 0) is 15.9 Å². The first-order chi connectivity index (χ1) is 14.1. The van der Waals surface area contributed by atoms with E-state index in [0.717, 1.165) is 19.3 Å². The van der Waals surface area contributed by atoms with Gasteiger partial charge in [-0.3, -0.25) is 0 Å². The number of unbranched alkanes of at least 4 members (excludes halogenated alkanes) is 1. The van der Waals surface area contributed by atoms with Gasteiger partial charge in [-0.2, -0.15) is 0 Å². The first-order valence-corrected chi connectivity index (χ1v) is 10.6. The van der Waals surface area contributed by atoms with Crippen LogP contribution in [0.15, 0.2) is 54.6 Å². The monoisotopic (exact) mass is 396 g/mol. The van der Waals surface area contributed by atoms with Gasteiger partial charge in [0.05, 0.1) is 11.1 Å². The molecule has 29 heavy (non-hydrogen) atoms. The number of ether oxygens (including phenoxy) is 2. The van der Waals surface area contributed by atoms with E-state index in [-0.39, 0.29) is 24.1 Å². The minimum absolute atomic E-state index is 0.295. The van der Waals surface area contributed by atoms with Crippen LogP contribution in [0.4, 0.5) is 0 Å². The van der Waals surface area contributed by atoms with E-state index in [9.17, 15) is 9.59 Å². The lowest BCUT2D eigenvalue weighted by atomic mass is 10.1. The Hall–Kier alpha value is -2.62. The third-order valence-corrected chi connectivity index (χ3v) is 5.00. The van der Waals surface area contributed by atoms with Gasteiger partial charge in [0.1, 0.15) is 12.2 Å². The highest BCUT2D eigenvalue weighted by molar-refractivity contribution is 5.90. The highest BCUT2D eigenvalue weighted by Crippen LogP contribution is 2.17. The summed E-state index contributed by atoms with van der Waals surface area (Å²) >= 11 is 0. The van der Waals surface area contributed by atoms with E-state index in [1.54, 1.807) is 12.1 Å². The molecule has 0 N–H and O–H groups in total. The Morgan fingerprint density at radius 3 is 1.76 bits per heavy atom. The Morgan fingerprint density at radius 1 is 0.759 bits per heavy atom. The Labute approximate surface area is 174 Å². The molecule has 0 aliphatic carbocycles. The molecule has 2 aromatic carbocycles. The third kappa shape index (κ3) is 7.37. The summed E-state index contributed by atoms with van der Waals surface area (Å²) in [6, 6.07) is 16.6. The molecule has 2 rings (SSSR count). The Balaban J connectivity index is 1.92. The molecule has 0 aliphatic heterocycles. The van der Waals surface area contributed by atoms with Crippen molar-refractivity contribution in [1.82, 2.24) is 0 Å². The maximum Gasteiger partial charge on any atom is 0.338 e. The van der Waals surface area contributed by atoms with E-state index in [1.807, 2.05) is 56.3 Å². The molecule has 0 saturated carbocycles. The predicted molar refractivity (Wildman–Crippen MR) is 115 cm³/mol. The lowest BCUT2D eigenvalue weighted by molar-refractivity contribution is -0.00187. The molecule has 0 radical (unpaired) electrons. The summed E-state index contributed by atoms with van der Waals surface area (Å²) in [6.45, 7) is 6.10. The van der Waals surface area contributed by atoms with Crippen molar-refractivity contribution in [2.75, 3.05) is 0 Å². The summed E-state index contributed by atoms with van der Waals surface area (Å²) in [6.07, 6.45) is 4.54. The topological polar surface area (TPSA) is 52.6 Å². The van der Waals surface area contributed by atoms with Crippen LogP contribution in [0.2, 0.25) is 0 Å². The molecule has 0 aromatic heterocycles. The summed E-state index contributed by atoms with van der Waals surface area (Å²) in [4.78, 5) is 24.8. The quantitative estimate of drug-likeness (QED) is 0.438. The lowest BCUT2D eigenvalue weighted by Crippen LogP contribution is -2.27. The number of aryl methyl sites for hydroxylation is 1. The molecule has 4 heteroatoms. The lowest BCUT2D eigenvalue weighted by Gasteiger charge is -2.22. The Morgan fingerprint density at radius 2 is 1.28 bits per heavy atom. The van der Waals surface area contributed by atoms with Gasteiger partial charge in [-0.15, -0.1) is 0 Å². The standard InChI is InChI=1S/C25H32O4/c1-4-7-11-19-14-16-21(17-15-19)25(27)29-23(6-3)18-22(5-2)28-24(26)20-12-9-8-10-13-20/h8-10,12-17,22-23H,4-7,11,18H2,1-3H3. The maximum absolute atomic E-state index is 12.5. The van der Waals surface area contributed by atoms with Crippen molar-refractivity contribution >= 4 is 11.9 Å². The summed E-state index contributed by atoms with van der Waals surface area (Å²) in [7, 11) is 0. The van der Waals surface area contributed by atoms with E-state index in [4.69, 9.17) is 9.47 Å². The van der Waals surface area contributed by atoms with Gasteiger partial charge < -0.3 is 9.47 Å². The number of benzene rings is 2. The van der Waals surface area contributed by atoms with E-state index < -0.39 is 0 Å². The molecule has 0 bridgehead atoms. The fourth-order valence-corrected chi connectivity index (χ4v) is 3.09. The molecule has 0 fully saturated rings. The number of carbonyl (C=O) groups is 2. The second-order valence-corrected chi connectivity index (χ2v) is 7.27. The average molecular weight is 397 g/mol. The first-order valence-electron chi connectivity index (χ1n) is 10.6. The number of hydrogen-bond donors (Lipinski definition) is 0. The highest BCUT2D eigenvalue weighted by Gasteiger charge is 2.22. The van der Waals surface area contributed by atoms with Crippen LogP contribution in [0, 0.1) is 0 Å². The summed E-state index contributed by atoms with van der Waals surface area (Å²) in [5.74, 6) is -0.676. The van der Waals surface area contributed by atoms with Crippen LogP contribution in [-0.4, -0.2) is 24.1 Å². The molecule has 2 atom stereocenters. The third-order valence-electron chi connectivity index (χ3n) is 5.00. The molecule has 0 saturated heterocycles. The SMILES string of the molecule is CCCCc1ccc(C(=O)OC(CC)CC(CC)OC(=O)c2ccccc2)cc1. The van der Waals surface area contributed by atoms with Crippen LogP contribution in [0.25, 0.3) is 0 Å². The Bertz CT molecular complexity index is 752. The molecule has 4 nitrogen and oxygen atoms in total. The minimum atomic E-state index is -0.346. The van der Waals surface area contributed by atoms with Crippen LogP contribution in [0.1, 0.15) is 79.2 Å². The molecule has 2 aromatic rings. The zero-order valence-corrected chi connectivity index (χ0v) is 17.7. The van der Waals surface area contributed by atoms with E-state index in [0.29, 0.717) is 30.4 Å². The number of carbonyl (C=O) groups excluding carboxylic acids is 2. The molecular weight excluding hydrogens is 364 g/mol. The van der Waals surface area contributed by atoms with Crippen molar-refractivity contribution in [2.45, 2.75) is 71.5 Å². The van der Waals surface area contributed by atoms with Gasteiger partial charge in [0.25, 0.3) is 0 Å². The Kier molecular flexibility index (Phi) is 9.42. The zero-order valence-electron chi connectivity index (χ0n) is 17.7. The van der Waals surface area contributed by atoms with Crippen molar-refractivity contribution in [2.24, 2.45) is 0 Å². The molecule has 156 valence electrons. The van der Waals surface area contributed by atoms with E-state index in [2.05, 4.69) is 6.92 Å². The highest BCUT2D eigenvalue weighted by atomic mass is 16.6. The number of rotatable bonds is 11. The smallest absolute Gasteiger partial charge is 0.338 e. The normalized spacial score (nSPS) is 12.8. The van der Waals surface area contributed by atoms with Crippen LogP contribution < -0.4 is 0 Å². The zero-order chi connectivity index (χ0) is 21.1. The number of hydrogen-bond acceptors (Lipinski definition) is 4. The van der Waals surface area contributed by atoms with Gasteiger partial charge in [0.2, 0.25) is 0 Å². The van der Waals surface area contributed by atoms with E-state index in [1.165, 1.54) is 5.56 Å². The fourth-order valence-electron chi connectivity index (χ4n) is 3.09. The largest absolute Gasteiger partial charge is 0.459 e. The van der Waals surface area contributed by atoms with Gasteiger partial charge in [-0.1, -0.05) is 57.5 Å².